The van der Waals surface area contributed by atoms with E-state index in [9.17, 15) is 15.0 Å². The minimum absolute atomic E-state index is 0.0247. The predicted octanol–water partition coefficient (Wildman–Crippen LogP) is -1.33. The van der Waals surface area contributed by atoms with Gasteiger partial charge in [0, 0.05) is 6.20 Å². The summed E-state index contributed by atoms with van der Waals surface area (Å²) in [7, 11) is 0. The summed E-state index contributed by atoms with van der Waals surface area (Å²) in [6, 6.07) is 1.57. The Kier molecular flexibility index (Phi) is 2.21. The number of hydrogen-bond acceptors (Lipinski definition) is 7. The third kappa shape index (κ3) is 1.48. The number of anilines is 1. The number of hydrogen-bond donors (Lipinski definition) is 4. The summed E-state index contributed by atoms with van der Waals surface area (Å²) in [5.41, 5.74) is 4.13. The summed E-state index contributed by atoms with van der Waals surface area (Å²) in [5, 5.41) is 20.3. The molecule has 21 heavy (non-hydrogen) atoms. The smallest absolute Gasteiger partial charge is 0.261 e. The van der Waals surface area contributed by atoms with Gasteiger partial charge in [-0.3, -0.25) is 9.78 Å². The Morgan fingerprint density at radius 2 is 2.33 bits per heavy atom. The van der Waals surface area contributed by atoms with Gasteiger partial charge in [0.15, 0.2) is 18.0 Å². The largest absolute Gasteiger partial charge is 0.391 e. The van der Waals surface area contributed by atoms with Crippen LogP contribution in [0.25, 0.3) is 11.0 Å². The molecule has 2 aromatic rings. The zero-order valence-electron chi connectivity index (χ0n) is 11.1. The molecule has 2 aliphatic heterocycles. The van der Waals surface area contributed by atoms with Gasteiger partial charge in [-0.2, -0.15) is 4.98 Å². The van der Waals surface area contributed by atoms with Crippen LogP contribution in [0.15, 0.2) is 17.1 Å². The third-order valence-electron chi connectivity index (χ3n) is 4.07. The second kappa shape index (κ2) is 3.63. The molecule has 0 aliphatic carbocycles. The Bertz CT molecular complexity index is 797. The third-order valence-corrected chi connectivity index (χ3v) is 4.07. The monoisotopic (exact) mass is 294 g/mol. The van der Waals surface area contributed by atoms with Crippen molar-refractivity contribution in [1.82, 2.24) is 14.5 Å². The number of aliphatic hydroxyl groups excluding tert-OH is 1. The lowest BCUT2D eigenvalue weighted by atomic mass is 10.00. The average molecular weight is 294 g/mol. The van der Waals surface area contributed by atoms with Crippen LogP contribution in [0.1, 0.15) is 13.2 Å². The van der Waals surface area contributed by atoms with Crippen molar-refractivity contribution in [3.05, 3.63) is 22.6 Å². The predicted molar refractivity (Wildman–Crippen MR) is 70.2 cm³/mol. The summed E-state index contributed by atoms with van der Waals surface area (Å²) < 4.78 is 12.4. The number of nitrogens with two attached hydrogens (primary N) is 1. The van der Waals surface area contributed by atoms with E-state index in [1.165, 1.54) is 4.57 Å². The summed E-state index contributed by atoms with van der Waals surface area (Å²) in [4.78, 5) is 18.3. The Morgan fingerprint density at radius 1 is 1.57 bits per heavy atom. The van der Waals surface area contributed by atoms with Gasteiger partial charge < -0.3 is 30.0 Å². The van der Waals surface area contributed by atoms with E-state index in [-0.39, 0.29) is 18.1 Å². The topological polar surface area (TPSA) is 139 Å². The number of aliphatic hydroxyl groups is 2. The van der Waals surface area contributed by atoms with Gasteiger partial charge in [-0.25, -0.2) is 0 Å². The fraction of sp³-hybridized carbons (Fsp3) is 0.500. The van der Waals surface area contributed by atoms with E-state index in [1.54, 1.807) is 19.2 Å². The van der Waals surface area contributed by atoms with E-state index in [1.807, 2.05) is 0 Å². The molecule has 0 saturated carbocycles. The van der Waals surface area contributed by atoms with Gasteiger partial charge in [0.25, 0.3) is 5.56 Å². The highest BCUT2D eigenvalue weighted by Crippen LogP contribution is 2.57. The fourth-order valence-corrected chi connectivity index (χ4v) is 3.00. The molecule has 2 saturated heterocycles. The van der Waals surface area contributed by atoms with Crippen molar-refractivity contribution in [3.8, 4) is 0 Å². The van der Waals surface area contributed by atoms with Gasteiger partial charge in [-0.1, -0.05) is 0 Å². The van der Waals surface area contributed by atoms with Gasteiger partial charge in [-0.15, -0.1) is 0 Å². The van der Waals surface area contributed by atoms with E-state index in [2.05, 4.69) is 9.97 Å². The molecule has 0 bridgehead atoms. The number of nitrogen functional groups attached to an aromatic ring is 1. The molecule has 0 aromatic carbocycles. The lowest BCUT2D eigenvalue weighted by Gasteiger charge is -2.28. The van der Waals surface area contributed by atoms with Crippen molar-refractivity contribution in [2.24, 2.45) is 0 Å². The summed E-state index contributed by atoms with van der Waals surface area (Å²) in [6.07, 6.45) is 0.118. The van der Waals surface area contributed by atoms with Crippen LogP contribution in [0.4, 0.5) is 5.95 Å². The first kappa shape index (κ1) is 12.8. The number of epoxide rings is 1. The van der Waals surface area contributed by atoms with Crippen LogP contribution in [-0.4, -0.2) is 48.8 Å². The number of ether oxygens (including phenoxy) is 2. The molecule has 9 heteroatoms. The van der Waals surface area contributed by atoms with E-state index >= 15 is 0 Å². The summed E-state index contributed by atoms with van der Waals surface area (Å²) in [5.74, 6) is -1.21. The van der Waals surface area contributed by atoms with Gasteiger partial charge in [0.05, 0.1) is 5.39 Å². The number of rotatable bonds is 2. The lowest BCUT2D eigenvalue weighted by Crippen LogP contribution is -2.38. The van der Waals surface area contributed by atoms with Crippen LogP contribution in [0.2, 0.25) is 0 Å². The van der Waals surface area contributed by atoms with Crippen molar-refractivity contribution < 1.29 is 19.7 Å². The van der Waals surface area contributed by atoms with Crippen molar-refractivity contribution >= 4 is 17.0 Å². The zero-order valence-corrected chi connectivity index (χ0v) is 11.1. The maximum absolute atomic E-state index is 11.8. The molecule has 4 rings (SSSR count). The highest BCUT2D eigenvalue weighted by molar-refractivity contribution is 5.76. The highest BCUT2D eigenvalue weighted by Gasteiger charge is 2.75. The molecule has 112 valence electrons. The standard InChI is InChI=1S/C12H14N4O5/c1-11(19)8-12(4-17,20-8)21-9(11)16-3-2-5-6(16)14-10(13)15-7(5)18/h2-3,8-9,17,19H,4H2,1H3,(H3,13,14,15,18)/t8?,9-,11?,12?/m1/s1. The van der Waals surface area contributed by atoms with Crippen LogP contribution in [0.3, 0.4) is 0 Å². The number of fused-ring (bicyclic) bond motifs is 2. The SMILES string of the molecule is CC1(O)C2OC2(CO)O[C@H]1n1ccc2c(=O)[nH]c(N)nc21. The highest BCUT2D eigenvalue weighted by atomic mass is 16.8. The Hall–Kier alpha value is -1.94. The van der Waals surface area contributed by atoms with Crippen molar-refractivity contribution in [3.63, 3.8) is 0 Å². The molecule has 4 atom stereocenters. The van der Waals surface area contributed by atoms with E-state index < -0.39 is 23.7 Å². The van der Waals surface area contributed by atoms with Crippen LogP contribution < -0.4 is 11.3 Å². The number of H-pyrrole nitrogens is 1. The minimum Gasteiger partial charge on any atom is -0.391 e. The molecule has 9 nitrogen and oxygen atoms in total. The van der Waals surface area contributed by atoms with Crippen molar-refractivity contribution in [2.75, 3.05) is 12.3 Å². The Balaban J connectivity index is 1.87. The van der Waals surface area contributed by atoms with Gasteiger partial charge in [0.2, 0.25) is 11.7 Å². The second-order valence-electron chi connectivity index (χ2n) is 5.58. The van der Waals surface area contributed by atoms with Crippen LogP contribution in [0.5, 0.6) is 0 Å². The minimum atomic E-state index is -1.37. The molecule has 5 N–H and O–H groups in total. The number of nitrogens with zero attached hydrogens (tertiary/aromatic N) is 2. The average Bonchev–Trinajstić information content (AvgIpc) is 2.94. The maximum atomic E-state index is 11.8. The normalized spacial score (nSPS) is 37.9. The quantitative estimate of drug-likeness (QED) is 0.503. The van der Waals surface area contributed by atoms with Gasteiger partial charge in [-0.05, 0) is 13.0 Å². The molecular formula is C12H14N4O5. The van der Waals surface area contributed by atoms with E-state index in [4.69, 9.17) is 15.2 Å². The number of aromatic nitrogens is 3. The van der Waals surface area contributed by atoms with Crippen LogP contribution in [0, 0.1) is 0 Å². The molecular weight excluding hydrogens is 280 g/mol. The molecule has 0 amide bonds. The zero-order chi connectivity index (χ0) is 15.0. The van der Waals surface area contributed by atoms with Crippen molar-refractivity contribution in [2.45, 2.75) is 30.6 Å². The second-order valence-corrected chi connectivity index (χ2v) is 5.58. The van der Waals surface area contributed by atoms with E-state index in [0.29, 0.717) is 11.0 Å². The first-order valence-corrected chi connectivity index (χ1v) is 6.44. The summed E-state index contributed by atoms with van der Waals surface area (Å²) in [6.45, 7) is 1.19. The first-order valence-electron chi connectivity index (χ1n) is 6.44. The maximum Gasteiger partial charge on any atom is 0.261 e. The van der Waals surface area contributed by atoms with Gasteiger partial charge in [0.1, 0.15) is 12.2 Å². The van der Waals surface area contributed by atoms with Crippen LogP contribution in [-0.2, 0) is 9.47 Å². The Labute approximate surface area is 117 Å². The summed E-state index contributed by atoms with van der Waals surface area (Å²) >= 11 is 0. The molecule has 0 spiro atoms. The molecule has 0 radical (unpaired) electrons. The van der Waals surface area contributed by atoms with E-state index in [0.717, 1.165) is 0 Å². The molecule has 2 aromatic heterocycles. The van der Waals surface area contributed by atoms with Crippen LogP contribution >= 0.6 is 0 Å². The molecule has 4 heterocycles. The van der Waals surface area contributed by atoms with Gasteiger partial charge >= 0.3 is 0 Å². The number of aromatic amines is 1. The number of nitrogens with one attached hydrogen (secondary N) is 1. The fourth-order valence-electron chi connectivity index (χ4n) is 3.00. The lowest BCUT2D eigenvalue weighted by molar-refractivity contribution is -0.190. The van der Waals surface area contributed by atoms with Crippen molar-refractivity contribution in [1.29, 1.82) is 0 Å². The molecule has 2 fully saturated rings. The molecule has 2 aliphatic rings. The molecule has 3 unspecified atom stereocenters. The Morgan fingerprint density at radius 3 is 3.00 bits per heavy atom. The first-order chi connectivity index (χ1) is 9.89.